The molecule has 0 atom stereocenters. The van der Waals surface area contributed by atoms with Crippen LogP contribution in [0.2, 0.25) is 0 Å². The second-order valence-electron chi connectivity index (χ2n) is 3.18. The zero-order chi connectivity index (χ0) is 13.2. The molecule has 0 bridgehead atoms. The van der Waals surface area contributed by atoms with E-state index in [9.17, 15) is 13.2 Å². The van der Waals surface area contributed by atoms with Gasteiger partial charge < -0.3 is 0 Å². The van der Waals surface area contributed by atoms with Crippen molar-refractivity contribution in [1.82, 2.24) is 19.8 Å². The van der Waals surface area contributed by atoms with Crippen molar-refractivity contribution in [2.24, 2.45) is 0 Å². The molecule has 10 heteroatoms. The number of sulfonamides is 1. The maximum atomic E-state index is 11.7. The van der Waals surface area contributed by atoms with Gasteiger partial charge in [0.2, 0.25) is 0 Å². The molecular weight excluding hydrogens is 296 g/mol. The molecule has 0 fully saturated rings. The number of nitrogens with zero attached hydrogens (tertiary/aromatic N) is 2. The van der Waals surface area contributed by atoms with E-state index in [-0.39, 0.29) is 9.09 Å². The van der Waals surface area contributed by atoms with Crippen molar-refractivity contribution < 1.29 is 13.2 Å². The van der Waals surface area contributed by atoms with Gasteiger partial charge in [-0.05, 0) is 29.9 Å². The molecule has 2 heterocycles. The largest absolute Gasteiger partial charge is 0.279 e. The standard InChI is InChI=1S/C8H8N4O3S3/c1-5-7(17-11-9-5)8(13)10-12-18(14,15)6-3-2-4-16-6/h2-4,12H,1H3,(H,10,13). The highest BCUT2D eigenvalue weighted by Gasteiger charge is 2.18. The highest BCUT2D eigenvalue weighted by atomic mass is 32.2. The number of amides is 1. The second-order valence-corrected chi connectivity index (χ2v) is 6.79. The number of thiophene rings is 1. The lowest BCUT2D eigenvalue weighted by Gasteiger charge is -2.05. The Balaban J connectivity index is 2.05. The summed E-state index contributed by atoms with van der Waals surface area (Å²) in [5, 5.41) is 5.30. The van der Waals surface area contributed by atoms with Crippen LogP contribution in [0.1, 0.15) is 15.4 Å². The summed E-state index contributed by atoms with van der Waals surface area (Å²) in [4.78, 5) is 13.9. The van der Waals surface area contributed by atoms with Gasteiger partial charge in [0, 0.05) is 0 Å². The molecule has 2 N–H and O–H groups in total. The Morgan fingerprint density at radius 1 is 1.44 bits per heavy atom. The molecule has 0 unspecified atom stereocenters. The van der Waals surface area contributed by atoms with Gasteiger partial charge in [-0.25, -0.2) is 8.42 Å². The fourth-order valence-corrected chi connectivity index (χ4v) is 3.46. The monoisotopic (exact) mass is 304 g/mol. The summed E-state index contributed by atoms with van der Waals surface area (Å²) >= 11 is 1.96. The average molecular weight is 304 g/mol. The quantitative estimate of drug-likeness (QED) is 0.802. The van der Waals surface area contributed by atoms with Crippen molar-refractivity contribution in [2.45, 2.75) is 11.1 Å². The highest BCUT2D eigenvalue weighted by Crippen LogP contribution is 2.14. The van der Waals surface area contributed by atoms with Crippen molar-refractivity contribution in [3.63, 3.8) is 0 Å². The van der Waals surface area contributed by atoms with Crippen LogP contribution in [-0.4, -0.2) is 23.9 Å². The zero-order valence-electron chi connectivity index (χ0n) is 9.08. The number of nitrogens with one attached hydrogen (secondary N) is 2. The molecule has 18 heavy (non-hydrogen) atoms. The lowest BCUT2D eigenvalue weighted by molar-refractivity contribution is 0.0948. The van der Waals surface area contributed by atoms with Gasteiger partial charge in [0.1, 0.15) is 9.09 Å². The van der Waals surface area contributed by atoms with Gasteiger partial charge in [-0.3, -0.25) is 10.2 Å². The number of hydrazine groups is 1. The number of hydrogen-bond acceptors (Lipinski definition) is 7. The van der Waals surface area contributed by atoms with Crippen molar-refractivity contribution in [3.05, 3.63) is 28.1 Å². The summed E-state index contributed by atoms with van der Waals surface area (Å²) in [7, 11) is -3.72. The SMILES string of the molecule is Cc1nnsc1C(=O)NNS(=O)(=O)c1cccs1. The first kappa shape index (κ1) is 13.1. The number of rotatable bonds is 4. The third-order valence-corrected chi connectivity index (χ3v) is 5.39. The molecule has 0 aliphatic rings. The molecule has 0 radical (unpaired) electrons. The Kier molecular flexibility index (Phi) is 3.71. The Morgan fingerprint density at radius 3 is 2.78 bits per heavy atom. The predicted octanol–water partition coefficient (Wildman–Crippen LogP) is 0.531. The van der Waals surface area contributed by atoms with E-state index < -0.39 is 15.9 Å². The Bertz CT molecular complexity index is 647. The molecule has 1 amide bonds. The normalized spacial score (nSPS) is 11.4. The number of aryl methyl sites for hydroxylation is 1. The van der Waals surface area contributed by atoms with Crippen LogP contribution in [0.5, 0.6) is 0 Å². The van der Waals surface area contributed by atoms with Gasteiger partial charge in [0.25, 0.3) is 15.9 Å². The van der Waals surface area contributed by atoms with E-state index in [2.05, 4.69) is 15.0 Å². The smallest absolute Gasteiger partial charge is 0.273 e. The highest BCUT2D eigenvalue weighted by molar-refractivity contribution is 7.91. The van der Waals surface area contributed by atoms with Crippen molar-refractivity contribution in [2.75, 3.05) is 0 Å². The fraction of sp³-hybridized carbons (Fsp3) is 0.125. The Morgan fingerprint density at radius 2 is 2.22 bits per heavy atom. The predicted molar refractivity (Wildman–Crippen MR) is 66.8 cm³/mol. The van der Waals surface area contributed by atoms with Crippen LogP contribution in [0.3, 0.4) is 0 Å². The Hall–Kier alpha value is -1.36. The van der Waals surface area contributed by atoms with E-state index in [4.69, 9.17) is 0 Å². The fourth-order valence-electron chi connectivity index (χ4n) is 1.08. The first-order valence-electron chi connectivity index (χ1n) is 4.65. The molecule has 96 valence electrons. The Labute approximate surface area is 111 Å². The summed E-state index contributed by atoms with van der Waals surface area (Å²) in [5.41, 5.74) is 2.57. The van der Waals surface area contributed by atoms with Crippen LogP contribution in [0.25, 0.3) is 0 Å². The van der Waals surface area contributed by atoms with Crippen molar-refractivity contribution in [1.29, 1.82) is 0 Å². The zero-order valence-corrected chi connectivity index (χ0v) is 11.5. The lowest BCUT2D eigenvalue weighted by Crippen LogP contribution is -2.41. The minimum Gasteiger partial charge on any atom is -0.273 e. The minimum absolute atomic E-state index is 0.127. The maximum absolute atomic E-state index is 11.7. The minimum atomic E-state index is -3.72. The topological polar surface area (TPSA) is 101 Å². The molecule has 7 nitrogen and oxygen atoms in total. The molecule has 0 saturated carbocycles. The van der Waals surface area contributed by atoms with Gasteiger partial charge in [0.05, 0.1) is 5.69 Å². The van der Waals surface area contributed by atoms with Gasteiger partial charge in [-0.1, -0.05) is 10.6 Å². The van der Waals surface area contributed by atoms with Crippen molar-refractivity contribution in [3.8, 4) is 0 Å². The first-order valence-corrected chi connectivity index (χ1v) is 7.79. The number of carbonyl (C=O) groups excluding carboxylic acids is 1. The van der Waals surface area contributed by atoms with Gasteiger partial charge >= 0.3 is 0 Å². The summed E-state index contributed by atoms with van der Waals surface area (Å²) in [5.74, 6) is -0.581. The van der Waals surface area contributed by atoms with Crippen molar-refractivity contribution >= 4 is 38.8 Å². The molecule has 2 aromatic rings. The molecule has 0 saturated heterocycles. The lowest BCUT2D eigenvalue weighted by atomic mass is 10.4. The van der Waals surface area contributed by atoms with E-state index >= 15 is 0 Å². The van der Waals surface area contributed by atoms with Gasteiger partial charge in [-0.15, -0.1) is 21.3 Å². The van der Waals surface area contributed by atoms with Crippen LogP contribution >= 0.6 is 22.9 Å². The van der Waals surface area contributed by atoms with Gasteiger partial charge in [-0.2, -0.15) is 0 Å². The number of hydrogen-bond donors (Lipinski definition) is 2. The van der Waals surface area contributed by atoms with E-state index in [0.29, 0.717) is 5.69 Å². The molecule has 0 aromatic carbocycles. The second kappa shape index (κ2) is 5.10. The summed E-state index contributed by atoms with van der Waals surface area (Å²) in [6, 6.07) is 3.05. The van der Waals surface area contributed by atoms with Crippen LogP contribution in [-0.2, 0) is 10.0 Å². The maximum Gasteiger partial charge on any atom is 0.279 e. The van der Waals surface area contributed by atoms with Gasteiger partial charge in [0.15, 0.2) is 0 Å². The molecule has 2 aromatic heterocycles. The summed E-state index contributed by atoms with van der Waals surface area (Å²) in [6.45, 7) is 1.62. The van der Waals surface area contributed by atoms with Crippen LogP contribution in [0.15, 0.2) is 21.7 Å². The molecular formula is C8H8N4O3S3. The average Bonchev–Trinajstić information content (AvgIpc) is 2.96. The van der Waals surface area contributed by atoms with Crippen LogP contribution < -0.4 is 10.3 Å². The summed E-state index contributed by atoms with van der Waals surface area (Å²) < 4.78 is 27.1. The number of aromatic nitrogens is 2. The molecule has 2 rings (SSSR count). The van der Waals surface area contributed by atoms with E-state index in [1.807, 2.05) is 4.83 Å². The third kappa shape index (κ3) is 2.72. The van der Waals surface area contributed by atoms with E-state index in [1.54, 1.807) is 18.4 Å². The van der Waals surface area contributed by atoms with Crippen LogP contribution in [0.4, 0.5) is 0 Å². The number of carbonyl (C=O) groups is 1. The van der Waals surface area contributed by atoms with Crippen LogP contribution in [0, 0.1) is 6.92 Å². The van der Waals surface area contributed by atoms with E-state index in [0.717, 1.165) is 22.9 Å². The molecule has 0 spiro atoms. The first-order chi connectivity index (χ1) is 8.50. The third-order valence-electron chi connectivity index (χ3n) is 1.92. The van der Waals surface area contributed by atoms with E-state index in [1.165, 1.54) is 6.07 Å². The molecule has 0 aliphatic carbocycles. The molecule has 0 aliphatic heterocycles. The summed E-state index contributed by atoms with van der Waals surface area (Å²) in [6.07, 6.45) is 0.